The van der Waals surface area contributed by atoms with Crippen LogP contribution in [0.1, 0.15) is 37.6 Å². The number of amides is 1. The fourth-order valence-corrected chi connectivity index (χ4v) is 2.70. The Labute approximate surface area is 150 Å². The maximum atomic E-state index is 12.3. The molecular formula is C19H27NO4Si. The summed E-state index contributed by atoms with van der Waals surface area (Å²) in [6.45, 7) is 10.8. The zero-order valence-electron chi connectivity index (χ0n) is 15.8. The summed E-state index contributed by atoms with van der Waals surface area (Å²) in [5.41, 5.74) is 3.59. The molecule has 0 saturated carbocycles. The molecule has 25 heavy (non-hydrogen) atoms. The Morgan fingerprint density at radius 1 is 1.32 bits per heavy atom. The van der Waals surface area contributed by atoms with Gasteiger partial charge in [-0.25, -0.2) is 4.79 Å². The first kappa shape index (κ1) is 20.8. The lowest BCUT2D eigenvalue weighted by atomic mass is 10.1. The van der Waals surface area contributed by atoms with E-state index in [1.807, 2.05) is 0 Å². The number of phenolic OH excluding ortho intramolecular Hbond substituents is 1. The lowest BCUT2D eigenvalue weighted by Gasteiger charge is -2.31. The first-order valence-corrected chi connectivity index (χ1v) is 11.2. The topological polar surface area (TPSA) is 75.6 Å². The van der Waals surface area contributed by atoms with Crippen molar-refractivity contribution >= 4 is 20.0 Å². The number of hydrogen-bond donors (Lipinski definition) is 2. The lowest BCUT2D eigenvalue weighted by Crippen LogP contribution is -2.41. The van der Waals surface area contributed by atoms with Crippen LogP contribution in [0.2, 0.25) is 18.1 Å². The SMILES string of the molecule is COC(=O)[C@@H](CC#C[Si](C)(C)C(C)(C)C)NC(=O)c1cccc(O)c1. The first-order valence-electron chi connectivity index (χ1n) is 8.15. The van der Waals surface area contributed by atoms with Crippen LogP contribution in [0.4, 0.5) is 0 Å². The molecule has 0 aliphatic heterocycles. The van der Waals surface area contributed by atoms with E-state index in [0.29, 0.717) is 0 Å². The van der Waals surface area contributed by atoms with Crippen LogP contribution in [0.15, 0.2) is 24.3 Å². The van der Waals surface area contributed by atoms with Crippen LogP contribution < -0.4 is 5.32 Å². The molecule has 1 aromatic carbocycles. The monoisotopic (exact) mass is 361 g/mol. The van der Waals surface area contributed by atoms with Gasteiger partial charge in [0.1, 0.15) is 19.9 Å². The molecule has 0 unspecified atom stereocenters. The van der Waals surface area contributed by atoms with Crippen LogP contribution in [0, 0.1) is 11.5 Å². The molecule has 0 aromatic heterocycles. The number of methoxy groups -OCH3 is 1. The van der Waals surface area contributed by atoms with Gasteiger partial charge in [0.15, 0.2) is 0 Å². The Bertz CT molecular complexity index is 695. The molecule has 5 nitrogen and oxygen atoms in total. The molecule has 0 heterocycles. The molecule has 2 N–H and O–H groups in total. The predicted octanol–water partition coefficient (Wildman–Crippen LogP) is 3.10. The van der Waals surface area contributed by atoms with E-state index in [2.05, 4.69) is 50.6 Å². The quantitative estimate of drug-likeness (QED) is 0.491. The Morgan fingerprint density at radius 3 is 2.48 bits per heavy atom. The molecule has 1 rings (SSSR count). The smallest absolute Gasteiger partial charge is 0.329 e. The largest absolute Gasteiger partial charge is 0.508 e. The molecule has 1 aromatic rings. The van der Waals surface area contributed by atoms with Crippen molar-refractivity contribution in [3.05, 3.63) is 29.8 Å². The number of rotatable bonds is 4. The van der Waals surface area contributed by atoms with Crippen LogP contribution in [-0.4, -0.2) is 38.2 Å². The summed E-state index contributed by atoms with van der Waals surface area (Å²) in [6, 6.07) is 5.08. The molecule has 0 fully saturated rings. The molecule has 0 saturated heterocycles. The number of hydrogen-bond acceptors (Lipinski definition) is 4. The number of benzene rings is 1. The second-order valence-corrected chi connectivity index (χ2v) is 12.5. The summed E-state index contributed by atoms with van der Waals surface area (Å²) >= 11 is 0. The highest BCUT2D eigenvalue weighted by Gasteiger charge is 2.33. The molecule has 1 amide bonds. The van der Waals surface area contributed by atoms with Gasteiger partial charge in [-0.2, -0.15) is 0 Å². The first-order chi connectivity index (χ1) is 11.5. The fourth-order valence-electron chi connectivity index (χ4n) is 1.79. The molecule has 0 aliphatic rings. The fraction of sp³-hybridized carbons (Fsp3) is 0.474. The zero-order valence-corrected chi connectivity index (χ0v) is 16.8. The average Bonchev–Trinajstić information content (AvgIpc) is 2.51. The van der Waals surface area contributed by atoms with Gasteiger partial charge in [-0.05, 0) is 23.2 Å². The summed E-state index contributed by atoms with van der Waals surface area (Å²) in [6.07, 6.45) is 0.184. The predicted molar refractivity (Wildman–Crippen MR) is 101 cm³/mol. The van der Waals surface area contributed by atoms with Gasteiger partial charge >= 0.3 is 5.97 Å². The number of ether oxygens (including phenoxy) is 1. The molecule has 0 radical (unpaired) electrons. The number of esters is 1. The number of carbonyl (C=O) groups is 2. The van der Waals surface area contributed by atoms with Gasteiger partial charge < -0.3 is 15.2 Å². The summed E-state index contributed by atoms with van der Waals surface area (Å²) in [5.74, 6) is 2.05. The van der Waals surface area contributed by atoms with Crippen LogP contribution in [0.25, 0.3) is 0 Å². The zero-order chi connectivity index (χ0) is 19.3. The standard InChI is InChI=1S/C19H27NO4Si/c1-19(2,3)25(5,6)12-8-11-16(18(23)24-4)20-17(22)14-9-7-10-15(21)13-14/h7,9-10,13,16,21H,11H2,1-6H3,(H,20,22)/t16-/m1/s1. The van der Waals surface area contributed by atoms with E-state index in [1.54, 1.807) is 12.1 Å². The van der Waals surface area contributed by atoms with E-state index in [4.69, 9.17) is 4.74 Å². The Kier molecular flexibility index (Phi) is 6.83. The van der Waals surface area contributed by atoms with Gasteiger partial charge in [-0.15, -0.1) is 11.5 Å². The number of carbonyl (C=O) groups excluding carboxylic acids is 2. The van der Waals surface area contributed by atoms with E-state index in [-0.39, 0.29) is 22.8 Å². The third-order valence-electron chi connectivity index (χ3n) is 4.48. The minimum absolute atomic E-state index is 0.0139. The molecule has 1 atom stereocenters. The normalized spacial score (nSPS) is 12.6. The number of aromatic hydroxyl groups is 1. The van der Waals surface area contributed by atoms with Gasteiger partial charge in [-0.3, -0.25) is 4.79 Å². The van der Waals surface area contributed by atoms with Gasteiger partial charge in [0.05, 0.1) is 7.11 Å². The molecular weight excluding hydrogens is 334 g/mol. The van der Waals surface area contributed by atoms with Crippen LogP contribution >= 0.6 is 0 Å². The second kappa shape index (κ2) is 8.21. The van der Waals surface area contributed by atoms with Crippen molar-refractivity contribution in [2.75, 3.05) is 7.11 Å². The van der Waals surface area contributed by atoms with Crippen molar-refractivity contribution in [1.29, 1.82) is 0 Å². The van der Waals surface area contributed by atoms with E-state index < -0.39 is 26.0 Å². The van der Waals surface area contributed by atoms with Crippen molar-refractivity contribution in [2.45, 2.75) is 51.4 Å². The highest BCUT2D eigenvalue weighted by Crippen LogP contribution is 2.35. The van der Waals surface area contributed by atoms with E-state index in [1.165, 1.54) is 19.2 Å². The van der Waals surface area contributed by atoms with Crippen molar-refractivity contribution in [3.8, 4) is 17.2 Å². The Morgan fingerprint density at radius 2 is 1.96 bits per heavy atom. The molecule has 0 bridgehead atoms. The number of nitrogens with one attached hydrogen (secondary N) is 1. The van der Waals surface area contributed by atoms with Crippen LogP contribution in [0.5, 0.6) is 5.75 Å². The maximum absolute atomic E-state index is 12.3. The minimum Gasteiger partial charge on any atom is -0.508 e. The summed E-state index contributed by atoms with van der Waals surface area (Å²) < 4.78 is 4.76. The second-order valence-electron chi connectivity index (χ2n) is 7.48. The van der Waals surface area contributed by atoms with Crippen molar-refractivity contribution < 1.29 is 19.4 Å². The Hall–Kier alpha value is -2.26. The van der Waals surface area contributed by atoms with E-state index in [9.17, 15) is 14.7 Å². The highest BCUT2D eigenvalue weighted by molar-refractivity contribution is 6.87. The van der Waals surface area contributed by atoms with Crippen molar-refractivity contribution in [2.24, 2.45) is 0 Å². The lowest BCUT2D eigenvalue weighted by molar-refractivity contribution is -0.142. The van der Waals surface area contributed by atoms with E-state index >= 15 is 0 Å². The summed E-state index contributed by atoms with van der Waals surface area (Å²) in [7, 11) is -0.512. The maximum Gasteiger partial charge on any atom is 0.329 e. The summed E-state index contributed by atoms with van der Waals surface area (Å²) in [5, 5.41) is 12.2. The third kappa shape index (κ3) is 5.95. The average molecular weight is 362 g/mol. The molecule has 136 valence electrons. The van der Waals surface area contributed by atoms with E-state index in [0.717, 1.165) is 0 Å². The van der Waals surface area contributed by atoms with Gasteiger partial charge in [0, 0.05) is 12.0 Å². The van der Waals surface area contributed by atoms with Crippen molar-refractivity contribution in [1.82, 2.24) is 5.32 Å². The van der Waals surface area contributed by atoms with Crippen LogP contribution in [-0.2, 0) is 9.53 Å². The Balaban J connectivity index is 2.90. The van der Waals surface area contributed by atoms with Gasteiger partial charge in [0.25, 0.3) is 5.91 Å². The van der Waals surface area contributed by atoms with Gasteiger partial charge in [0.2, 0.25) is 0 Å². The number of phenols is 1. The summed E-state index contributed by atoms with van der Waals surface area (Å²) in [4.78, 5) is 24.2. The highest BCUT2D eigenvalue weighted by atomic mass is 28.3. The minimum atomic E-state index is -1.79. The molecule has 6 heteroatoms. The van der Waals surface area contributed by atoms with Crippen molar-refractivity contribution in [3.63, 3.8) is 0 Å². The van der Waals surface area contributed by atoms with Crippen LogP contribution in [0.3, 0.4) is 0 Å². The third-order valence-corrected chi connectivity index (χ3v) is 9.03. The molecule has 0 spiro atoms. The van der Waals surface area contributed by atoms with Gasteiger partial charge in [-0.1, -0.05) is 39.9 Å². The molecule has 0 aliphatic carbocycles.